The van der Waals surface area contributed by atoms with E-state index in [4.69, 9.17) is 4.74 Å². The average Bonchev–Trinajstić information content (AvgIpc) is 3.28. The molecule has 2 aromatic carbocycles. The Hall–Kier alpha value is -3.67. The number of nitrogens with zero attached hydrogens (tertiary/aromatic N) is 2. The van der Waals surface area contributed by atoms with Gasteiger partial charge in [-0.15, -0.1) is 0 Å². The third kappa shape index (κ3) is 4.64. The zero-order valence-electron chi connectivity index (χ0n) is 17.9. The number of amides is 1. The molecule has 2 N–H and O–H groups in total. The molecule has 2 heterocycles. The summed E-state index contributed by atoms with van der Waals surface area (Å²) in [7, 11) is 0. The van der Waals surface area contributed by atoms with Crippen LogP contribution in [0.4, 0.5) is 5.69 Å². The zero-order valence-corrected chi connectivity index (χ0v) is 17.9. The van der Waals surface area contributed by atoms with Crippen molar-refractivity contribution in [2.45, 2.75) is 38.0 Å². The van der Waals surface area contributed by atoms with Gasteiger partial charge >= 0.3 is 0 Å². The van der Waals surface area contributed by atoms with E-state index in [1.807, 2.05) is 48.5 Å². The Labute approximate surface area is 187 Å². The van der Waals surface area contributed by atoms with E-state index in [-0.39, 0.29) is 12.5 Å². The molecule has 2 aromatic heterocycles. The number of nitrogens with one attached hydrogen (secondary N) is 2. The number of rotatable bonds is 6. The van der Waals surface area contributed by atoms with Crippen LogP contribution >= 0.6 is 0 Å². The number of pyridine rings is 1. The summed E-state index contributed by atoms with van der Waals surface area (Å²) in [5, 5.41) is 2.87. The van der Waals surface area contributed by atoms with Crippen molar-refractivity contribution in [3.63, 3.8) is 0 Å². The van der Waals surface area contributed by atoms with Gasteiger partial charge in [-0.25, -0.2) is 9.97 Å². The molecule has 1 saturated carbocycles. The number of aromatic amines is 1. The van der Waals surface area contributed by atoms with E-state index in [0.29, 0.717) is 23.0 Å². The largest absolute Gasteiger partial charge is 0.484 e. The molecule has 6 heteroatoms. The maximum atomic E-state index is 12.3. The number of hydrogen-bond acceptors (Lipinski definition) is 4. The van der Waals surface area contributed by atoms with E-state index in [0.717, 1.165) is 16.9 Å². The third-order valence-electron chi connectivity index (χ3n) is 6.03. The van der Waals surface area contributed by atoms with Crippen molar-refractivity contribution in [2.75, 3.05) is 11.9 Å². The van der Waals surface area contributed by atoms with Gasteiger partial charge < -0.3 is 15.0 Å². The molecule has 5 rings (SSSR count). The molecule has 0 saturated heterocycles. The van der Waals surface area contributed by atoms with Crippen LogP contribution in [0.1, 0.15) is 43.6 Å². The minimum Gasteiger partial charge on any atom is -0.484 e. The van der Waals surface area contributed by atoms with Crippen LogP contribution in [0.2, 0.25) is 0 Å². The van der Waals surface area contributed by atoms with Gasteiger partial charge in [0, 0.05) is 17.4 Å². The van der Waals surface area contributed by atoms with E-state index in [9.17, 15) is 4.79 Å². The Morgan fingerprint density at radius 1 is 1.00 bits per heavy atom. The molecular formula is C26H26N4O2. The fourth-order valence-electron chi connectivity index (χ4n) is 4.31. The summed E-state index contributed by atoms with van der Waals surface area (Å²) in [6.07, 6.45) is 8.26. The molecule has 6 nitrogen and oxygen atoms in total. The van der Waals surface area contributed by atoms with Gasteiger partial charge in [-0.2, -0.15) is 0 Å². The third-order valence-corrected chi connectivity index (χ3v) is 6.03. The average molecular weight is 427 g/mol. The molecule has 0 radical (unpaired) electrons. The van der Waals surface area contributed by atoms with E-state index in [1.54, 1.807) is 6.20 Å². The Morgan fingerprint density at radius 3 is 2.53 bits per heavy atom. The molecule has 0 unspecified atom stereocenters. The smallest absolute Gasteiger partial charge is 0.262 e. The summed E-state index contributed by atoms with van der Waals surface area (Å²) in [5.74, 6) is 1.94. The second-order valence-electron chi connectivity index (χ2n) is 8.28. The van der Waals surface area contributed by atoms with Crippen LogP contribution in [0.3, 0.4) is 0 Å². The Morgan fingerprint density at radius 2 is 1.78 bits per heavy atom. The van der Waals surface area contributed by atoms with Crippen LogP contribution in [0.25, 0.3) is 22.6 Å². The first-order valence-corrected chi connectivity index (χ1v) is 11.2. The van der Waals surface area contributed by atoms with E-state index in [1.165, 1.54) is 37.7 Å². The maximum Gasteiger partial charge on any atom is 0.262 e. The minimum absolute atomic E-state index is 0.0280. The molecule has 1 amide bonds. The fourth-order valence-corrected chi connectivity index (χ4v) is 4.31. The van der Waals surface area contributed by atoms with Gasteiger partial charge in [0.15, 0.2) is 12.3 Å². The van der Waals surface area contributed by atoms with E-state index in [2.05, 4.69) is 32.4 Å². The second-order valence-corrected chi connectivity index (χ2v) is 8.28. The van der Waals surface area contributed by atoms with Crippen LogP contribution in [-0.2, 0) is 4.79 Å². The standard InChI is InChI=1S/C26H26N4O2/c31-24(17-32-22-14-10-19(11-15-22)18-5-2-1-3-6-18)28-21-12-8-20(9-13-21)25-29-23-7-4-16-27-26(23)30-25/h4,7-16,18H,1-3,5-6,17H2,(H,28,31)(H,27,29,30). The summed E-state index contributed by atoms with van der Waals surface area (Å²) >= 11 is 0. The predicted octanol–water partition coefficient (Wildman–Crippen LogP) is 5.69. The SMILES string of the molecule is O=C(COc1ccc(C2CCCCC2)cc1)Nc1ccc(-c2nc3ncccc3[nH]2)cc1. The van der Waals surface area contributed by atoms with Crippen LogP contribution < -0.4 is 10.1 Å². The number of carbonyl (C=O) groups is 1. The molecule has 0 spiro atoms. The first-order valence-electron chi connectivity index (χ1n) is 11.2. The van der Waals surface area contributed by atoms with E-state index >= 15 is 0 Å². The summed E-state index contributed by atoms with van der Waals surface area (Å²) in [6, 6.07) is 19.6. The fraction of sp³-hybridized carbons (Fsp3) is 0.269. The van der Waals surface area contributed by atoms with Gasteiger partial charge in [-0.05, 0) is 72.9 Å². The number of hydrogen-bond donors (Lipinski definition) is 2. The Kier molecular flexibility index (Phi) is 5.83. The number of fused-ring (bicyclic) bond motifs is 1. The minimum atomic E-state index is -0.193. The molecule has 1 fully saturated rings. The lowest BCUT2D eigenvalue weighted by Gasteiger charge is -2.22. The molecule has 0 aliphatic heterocycles. The molecule has 32 heavy (non-hydrogen) atoms. The molecule has 0 bridgehead atoms. The van der Waals surface area contributed by atoms with Crippen molar-refractivity contribution in [3.05, 3.63) is 72.4 Å². The number of ether oxygens (including phenoxy) is 1. The lowest BCUT2D eigenvalue weighted by Crippen LogP contribution is -2.20. The van der Waals surface area contributed by atoms with Crippen molar-refractivity contribution >= 4 is 22.8 Å². The number of benzene rings is 2. The number of H-pyrrole nitrogens is 1. The quantitative estimate of drug-likeness (QED) is 0.415. The molecular weight excluding hydrogens is 400 g/mol. The molecule has 162 valence electrons. The van der Waals surface area contributed by atoms with Crippen molar-refractivity contribution < 1.29 is 9.53 Å². The topological polar surface area (TPSA) is 79.9 Å². The van der Waals surface area contributed by atoms with Gasteiger partial charge in [0.1, 0.15) is 11.6 Å². The Bertz CT molecular complexity index is 1160. The number of aromatic nitrogens is 3. The highest BCUT2D eigenvalue weighted by atomic mass is 16.5. The number of anilines is 1. The van der Waals surface area contributed by atoms with Crippen LogP contribution in [0, 0.1) is 0 Å². The van der Waals surface area contributed by atoms with Crippen molar-refractivity contribution in [3.8, 4) is 17.1 Å². The number of imidazole rings is 1. The highest BCUT2D eigenvalue weighted by Crippen LogP contribution is 2.33. The maximum absolute atomic E-state index is 12.3. The van der Waals surface area contributed by atoms with Gasteiger partial charge in [-0.3, -0.25) is 4.79 Å². The first-order chi connectivity index (χ1) is 15.7. The summed E-state index contributed by atoms with van der Waals surface area (Å²) in [5.41, 5.74) is 4.59. The van der Waals surface area contributed by atoms with Gasteiger partial charge in [0.2, 0.25) is 0 Å². The Balaban J connectivity index is 1.15. The lowest BCUT2D eigenvalue weighted by molar-refractivity contribution is -0.118. The van der Waals surface area contributed by atoms with Crippen molar-refractivity contribution in [1.82, 2.24) is 15.0 Å². The van der Waals surface area contributed by atoms with Crippen LogP contribution in [-0.4, -0.2) is 27.5 Å². The summed E-state index contributed by atoms with van der Waals surface area (Å²) in [6.45, 7) is -0.0280. The highest BCUT2D eigenvalue weighted by Gasteiger charge is 2.15. The predicted molar refractivity (Wildman–Crippen MR) is 126 cm³/mol. The van der Waals surface area contributed by atoms with E-state index < -0.39 is 0 Å². The van der Waals surface area contributed by atoms with Gasteiger partial charge in [0.05, 0.1) is 5.52 Å². The highest BCUT2D eigenvalue weighted by molar-refractivity contribution is 5.92. The normalized spacial score (nSPS) is 14.4. The van der Waals surface area contributed by atoms with Crippen molar-refractivity contribution in [1.29, 1.82) is 0 Å². The van der Waals surface area contributed by atoms with Crippen LogP contribution in [0.15, 0.2) is 66.9 Å². The molecule has 1 aliphatic carbocycles. The first kappa shape index (κ1) is 20.2. The lowest BCUT2D eigenvalue weighted by atomic mass is 9.84. The molecule has 1 aliphatic rings. The molecule has 0 atom stereocenters. The molecule has 4 aromatic rings. The summed E-state index contributed by atoms with van der Waals surface area (Å²) < 4.78 is 5.68. The monoisotopic (exact) mass is 426 g/mol. The van der Waals surface area contributed by atoms with Gasteiger partial charge in [-0.1, -0.05) is 31.4 Å². The second kappa shape index (κ2) is 9.22. The van der Waals surface area contributed by atoms with Crippen molar-refractivity contribution in [2.24, 2.45) is 0 Å². The summed E-state index contributed by atoms with van der Waals surface area (Å²) in [4.78, 5) is 24.3. The van der Waals surface area contributed by atoms with Crippen LogP contribution in [0.5, 0.6) is 5.75 Å². The zero-order chi connectivity index (χ0) is 21.8. The number of carbonyl (C=O) groups excluding carboxylic acids is 1. The van der Waals surface area contributed by atoms with Gasteiger partial charge in [0.25, 0.3) is 5.91 Å².